The van der Waals surface area contributed by atoms with Gasteiger partial charge in [0, 0.05) is 27.2 Å². The van der Waals surface area contributed by atoms with Crippen molar-refractivity contribution in [3.63, 3.8) is 0 Å². The van der Waals surface area contributed by atoms with Gasteiger partial charge in [0.25, 0.3) is 0 Å². The highest BCUT2D eigenvalue weighted by Crippen LogP contribution is 2.02. The Kier molecular flexibility index (Phi) is 3.37. The number of hydrogen-bond acceptors (Lipinski definition) is 3. The van der Waals surface area contributed by atoms with E-state index in [-0.39, 0.29) is 17.4 Å². The highest BCUT2D eigenvalue weighted by molar-refractivity contribution is 7.92. The molecular formula is C6H12N2OS. The molecule has 0 fully saturated rings. The zero-order valence-electron chi connectivity index (χ0n) is 6.26. The van der Waals surface area contributed by atoms with Gasteiger partial charge in [0.1, 0.15) is 0 Å². The van der Waals surface area contributed by atoms with Gasteiger partial charge >= 0.3 is 0 Å². The first-order valence-corrected chi connectivity index (χ1v) is 4.92. The van der Waals surface area contributed by atoms with Crippen molar-refractivity contribution >= 4 is 9.73 Å². The van der Waals surface area contributed by atoms with Crippen molar-refractivity contribution in [1.29, 1.82) is 10.0 Å². The minimum absolute atomic E-state index is 0.138. The Bertz CT molecular complexity index is 223. The number of hydrogen-bond donors (Lipinski definition) is 1. The van der Waals surface area contributed by atoms with E-state index in [9.17, 15) is 4.21 Å². The number of rotatable bonds is 3. The highest BCUT2D eigenvalue weighted by atomic mass is 32.2. The van der Waals surface area contributed by atoms with Crippen molar-refractivity contribution in [1.82, 2.24) is 0 Å². The van der Waals surface area contributed by atoms with Crippen LogP contribution in [0.1, 0.15) is 20.3 Å². The van der Waals surface area contributed by atoms with Crippen molar-refractivity contribution in [2.75, 3.05) is 5.75 Å². The summed E-state index contributed by atoms with van der Waals surface area (Å²) in [5.41, 5.74) is 0. The fourth-order valence-corrected chi connectivity index (χ4v) is 1.30. The molecule has 10 heavy (non-hydrogen) atoms. The van der Waals surface area contributed by atoms with Crippen molar-refractivity contribution < 1.29 is 4.21 Å². The molecule has 0 aliphatic rings. The van der Waals surface area contributed by atoms with E-state index < -0.39 is 9.73 Å². The van der Waals surface area contributed by atoms with Crippen LogP contribution in [0.4, 0.5) is 0 Å². The van der Waals surface area contributed by atoms with Gasteiger partial charge in [-0.15, -0.1) is 0 Å². The lowest BCUT2D eigenvalue weighted by Gasteiger charge is -2.07. The van der Waals surface area contributed by atoms with Crippen LogP contribution in [0.2, 0.25) is 0 Å². The minimum Gasteiger partial charge on any atom is -0.253 e. The maximum Gasteiger partial charge on any atom is 0.0631 e. The van der Waals surface area contributed by atoms with Gasteiger partial charge in [0.15, 0.2) is 0 Å². The minimum atomic E-state index is -2.48. The van der Waals surface area contributed by atoms with Crippen LogP contribution in [0.25, 0.3) is 0 Å². The first-order chi connectivity index (χ1) is 4.50. The second-order valence-corrected chi connectivity index (χ2v) is 5.19. The molecule has 0 amide bonds. The lowest BCUT2D eigenvalue weighted by molar-refractivity contribution is 0.667. The predicted octanol–water partition coefficient (Wildman–Crippen LogP) is 1.36. The Hall–Kier alpha value is -0.560. The van der Waals surface area contributed by atoms with E-state index in [0.29, 0.717) is 0 Å². The molecule has 0 saturated heterocycles. The van der Waals surface area contributed by atoms with Crippen molar-refractivity contribution in [2.45, 2.75) is 25.5 Å². The third-order valence-corrected chi connectivity index (χ3v) is 3.61. The molecule has 58 valence electrons. The molecule has 4 heteroatoms. The Morgan fingerprint density at radius 3 is 2.50 bits per heavy atom. The maximum atomic E-state index is 11.2. The molecular weight excluding hydrogens is 148 g/mol. The fraction of sp³-hybridized carbons (Fsp3) is 0.833. The highest BCUT2D eigenvalue weighted by Gasteiger charge is 2.09. The van der Waals surface area contributed by atoms with Gasteiger partial charge in [0.2, 0.25) is 0 Å². The van der Waals surface area contributed by atoms with Crippen molar-refractivity contribution in [3.8, 4) is 6.07 Å². The summed E-state index contributed by atoms with van der Waals surface area (Å²) in [5, 5.41) is 8.01. The van der Waals surface area contributed by atoms with Gasteiger partial charge in [0.05, 0.1) is 6.07 Å². The average Bonchev–Trinajstić information content (AvgIpc) is 1.84. The Morgan fingerprint density at radius 1 is 1.70 bits per heavy atom. The molecule has 0 aromatic rings. The molecule has 0 spiro atoms. The molecule has 1 N–H and O–H groups in total. The Balaban J connectivity index is 4.06. The number of nitrogens with one attached hydrogen (secondary N) is 1. The molecule has 3 nitrogen and oxygen atoms in total. The van der Waals surface area contributed by atoms with E-state index >= 15 is 0 Å². The van der Waals surface area contributed by atoms with E-state index in [1.54, 1.807) is 13.8 Å². The summed E-state index contributed by atoms with van der Waals surface area (Å²) in [6.45, 7) is 3.49. The molecule has 0 saturated carbocycles. The second kappa shape index (κ2) is 3.57. The summed E-state index contributed by atoms with van der Waals surface area (Å²) in [6.07, 6.45) is 0.223. The Labute approximate surface area is 62.0 Å². The molecule has 0 heterocycles. The summed E-state index contributed by atoms with van der Waals surface area (Å²) >= 11 is 0. The normalized spacial score (nSPS) is 16.2. The van der Waals surface area contributed by atoms with Gasteiger partial charge < -0.3 is 0 Å². The smallest absolute Gasteiger partial charge is 0.0631 e. The van der Waals surface area contributed by atoms with Gasteiger partial charge in [-0.3, -0.25) is 4.78 Å². The van der Waals surface area contributed by atoms with Crippen LogP contribution < -0.4 is 0 Å². The molecule has 0 rings (SSSR count). The third kappa shape index (κ3) is 2.83. The van der Waals surface area contributed by atoms with E-state index in [4.69, 9.17) is 10.0 Å². The molecule has 0 aromatic carbocycles. The lowest BCUT2D eigenvalue weighted by Crippen LogP contribution is -2.15. The summed E-state index contributed by atoms with van der Waals surface area (Å²) in [7, 11) is -2.48. The van der Waals surface area contributed by atoms with E-state index in [0.717, 1.165) is 0 Å². The van der Waals surface area contributed by atoms with Gasteiger partial charge in [-0.25, -0.2) is 4.21 Å². The first-order valence-electron chi connectivity index (χ1n) is 3.13. The van der Waals surface area contributed by atoms with Crippen LogP contribution in [0.15, 0.2) is 0 Å². The first kappa shape index (κ1) is 9.44. The summed E-state index contributed by atoms with van der Waals surface area (Å²) < 4.78 is 18.4. The summed E-state index contributed by atoms with van der Waals surface area (Å²) in [5.74, 6) is 0.209. The maximum absolute atomic E-state index is 11.2. The standard InChI is InChI=1S/C6H12N2OS/c1-6(2)10(8,9)5-3-4-7/h6,8H,3,5H2,1-2H3. The van der Waals surface area contributed by atoms with Gasteiger partial charge in [-0.1, -0.05) is 13.8 Å². The number of nitrogens with zero attached hydrogens (tertiary/aromatic N) is 1. The molecule has 0 aliphatic carbocycles. The van der Waals surface area contributed by atoms with E-state index in [1.807, 2.05) is 6.07 Å². The molecule has 0 aromatic heterocycles. The quantitative estimate of drug-likeness (QED) is 0.677. The molecule has 1 atom stereocenters. The molecule has 0 radical (unpaired) electrons. The summed E-state index contributed by atoms with van der Waals surface area (Å²) in [6, 6.07) is 1.88. The molecule has 0 aliphatic heterocycles. The van der Waals surface area contributed by atoms with Crippen LogP contribution in [0.3, 0.4) is 0 Å². The van der Waals surface area contributed by atoms with Gasteiger partial charge in [-0.05, 0) is 0 Å². The SMILES string of the molecule is CC(C)S(=N)(=O)CCC#N. The average molecular weight is 160 g/mol. The largest absolute Gasteiger partial charge is 0.253 e. The zero-order valence-corrected chi connectivity index (χ0v) is 7.07. The monoisotopic (exact) mass is 160 g/mol. The summed E-state index contributed by atoms with van der Waals surface area (Å²) in [4.78, 5) is 0. The predicted molar refractivity (Wildman–Crippen MR) is 41.1 cm³/mol. The number of nitriles is 1. The van der Waals surface area contributed by atoms with Crippen LogP contribution in [0.5, 0.6) is 0 Å². The van der Waals surface area contributed by atoms with Crippen molar-refractivity contribution in [2.24, 2.45) is 0 Å². The molecule has 0 bridgehead atoms. The Morgan fingerprint density at radius 2 is 2.20 bits per heavy atom. The van der Waals surface area contributed by atoms with Crippen LogP contribution in [-0.2, 0) is 9.73 Å². The second-order valence-electron chi connectivity index (χ2n) is 2.39. The fourth-order valence-electron chi connectivity index (χ4n) is 0.433. The third-order valence-electron chi connectivity index (χ3n) is 1.28. The zero-order chi connectivity index (χ0) is 8.20. The van der Waals surface area contributed by atoms with Crippen molar-refractivity contribution in [3.05, 3.63) is 0 Å². The lowest BCUT2D eigenvalue weighted by atomic mass is 10.5. The van der Waals surface area contributed by atoms with Gasteiger partial charge in [-0.2, -0.15) is 5.26 Å². The van der Waals surface area contributed by atoms with E-state index in [2.05, 4.69) is 0 Å². The van der Waals surface area contributed by atoms with E-state index in [1.165, 1.54) is 0 Å². The van der Waals surface area contributed by atoms with Crippen LogP contribution in [-0.4, -0.2) is 15.2 Å². The van der Waals surface area contributed by atoms with Crippen LogP contribution >= 0.6 is 0 Å². The topological polar surface area (TPSA) is 64.7 Å². The molecule has 1 unspecified atom stereocenters. The van der Waals surface area contributed by atoms with Crippen LogP contribution in [0, 0.1) is 16.1 Å².